The zero-order chi connectivity index (χ0) is 17.4. The van der Waals surface area contributed by atoms with Gasteiger partial charge in [0.2, 0.25) is 0 Å². The Kier molecular flexibility index (Phi) is 4.00. The highest BCUT2D eigenvalue weighted by Gasteiger charge is 2.41. The summed E-state index contributed by atoms with van der Waals surface area (Å²) >= 11 is 0. The number of methoxy groups -OCH3 is 1. The summed E-state index contributed by atoms with van der Waals surface area (Å²) in [6, 6.07) is 0.859. The van der Waals surface area contributed by atoms with E-state index in [-0.39, 0.29) is 41.8 Å². The second kappa shape index (κ2) is 5.99. The van der Waals surface area contributed by atoms with E-state index < -0.39 is 12.1 Å². The zero-order valence-corrected chi connectivity index (χ0v) is 13.4. The predicted octanol–water partition coefficient (Wildman–Crippen LogP) is -0.413. The molecule has 0 N–H and O–H groups in total. The van der Waals surface area contributed by atoms with E-state index in [1.807, 2.05) is 0 Å². The highest BCUT2D eigenvalue weighted by Crippen LogP contribution is 2.24. The molecule has 1 atom stereocenters. The molecule has 3 heterocycles. The summed E-state index contributed by atoms with van der Waals surface area (Å²) in [7, 11) is 2.93. The summed E-state index contributed by atoms with van der Waals surface area (Å²) in [6.45, 7) is 0.371. The van der Waals surface area contributed by atoms with Crippen LogP contribution in [0, 0.1) is 0 Å². The van der Waals surface area contributed by atoms with Crippen molar-refractivity contribution in [1.29, 1.82) is 0 Å². The molecule has 1 aromatic rings. The molecule has 0 aliphatic carbocycles. The van der Waals surface area contributed by atoms with Crippen molar-refractivity contribution in [1.82, 2.24) is 14.4 Å². The summed E-state index contributed by atoms with van der Waals surface area (Å²) in [5.74, 6) is -0.507. The van der Waals surface area contributed by atoms with Crippen LogP contribution in [0.2, 0.25) is 0 Å². The smallest absolute Gasteiger partial charge is 0.417 e. The lowest BCUT2D eigenvalue weighted by Crippen LogP contribution is -2.42. The van der Waals surface area contributed by atoms with Gasteiger partial charge in [0.1, 0.15) is 5.75 Å². The van der Waals surface area contributed by atoms with Crippen LogP contribution in [0.3, 0.4) is 0 Å². The largest absolute Gasteiger partial charge is 0.496 e. The van der Waals surface area contributed by atoms with Gasteiger partial charge in [-0.1, -0.05) is 0 Å². The first-order chi connectivity index (χ1) is 11.4. The van der Waals surface area contributed by atoms with Crippen molar-refractivity contribution in [3.8, 4) is 5.75 Å². The van der Waals surface area contributed by atoms with Crippen molar-refractivity contribution in [2.24, 2.45) is 7.05 Å². The Bertz CT molecular complexity index is 755. The van der Waals surface area contributed by atoms with Crippen LogP contribution in [0.5, 0.6) is 5.75 Å². The molecule has 1 aromatic heterocycles. The number of carbonyl (C=O) groups is 3. The molecule has 2 aliphatic rings. The van der Waals surface area contributed by atoms with E-state index in [9.17, 15) is 19.2 Å². The van der Waals surface area contributed by atoms with Crippen molar-refractivity contribution in [3.63, 3.8) is 0 Å². The summed E-state index contributed by atoms with van der Waals surface area (Å²) < 4.78 is 11.1. The average molecular weight is 335 g/mol. The number of carbonyl (C=O) groups excluding carboxylic acids is 3. The first kappa shape index (κ1) is 16.0. The molecule has 128 valence electrons. The molecule has 24 heavy (non-hydrogen) atoms. The van der Waals surface area contributed by atoms with Crippen molar-refractivity contribution < 1.29 is 23.9 Å². The van der Waals surface area contributed by atoms with Gasteiger partial charge in [0, 0.05) is 32.4 Å². The Balaban J connectivity index is 1.80. The van der Waals surface area contributed by atoms with Crippen LogP contribution in [0.4, 0.5) is 4.79 Å². The number of imide groups is 1. The second-order valence-corrected chi connectivity index (χ2v) is 5.72. The van der Waals surface area contributed by atoms with E-state index in [1.165, 1.54) is 28.8 Å². The third kappa shape index (κ3) is 2.61. The normalized spacial score (nSPS) is 20.5. The fraction of sp³-hybridized carbons (Fsp3) is 0.467. The van der Waals surface area contributed by atoms with Gasteiger partial charge in [-0.3, -0.25) is 14.4 Å². The number of ether oxygens (including phenoxy) is 2. The van der Waals surface area contributed by atoms with Crippen LogP contribution in [0.15, 0.2) is 17.1 Å². The van der Waals surface area contributed by atoms with Gasteiger partial charge < -0.3 is 18.9 Å². The molecule has 2 saturated heterocycles. The molecule has 0 saturated carbocycles. The molecular formula is C15H17N3O6. The number of aryl methyl sites for hydroxylation is 1. The number of rotatable bonds is 3. The Hall–Kier alpha value is -2.84. The van der Waals surface area contributed by atoms with Gasteiger partial charge in [-0.15, -0.1) is 0 Å². The molecule has 9 heteroatoms. The standard InChI is InChI=1S/C15H17N3O6/c1-16-7-10(11(23-2)5-12(16)19)14(21)17-4-3-9(6-17)18-13(20)8-24-15(18)22/h5,7,9H,3-4,6,8H2,1-2H3. The number of cyclic esters (lactones) is 1. The fourth-order valence-electron chi connectivity index (χ4n) is 2.97. The number of hydrogen-bond donors (Lipinski definition) is 0. The van der Waals surface area contributed by atoms with Crippen molar-refractivity contribution >= 4 is 17.9 Å². The van der Waals surface area contributed by atoms with Crippen LogP contribution in [0.1, 0.15) is 16.8 Å². The number of nitrogens with zero attached hydrogens (tertiary/aromatic N) is 3. The quantitative estimate of drug-likeness (QED) is 0.744. The van der Waals surface area contributed by atoms with E-state index in [2.05, 4.69) is 0 Å². The predicted molar refractivity (Wildman–Crippen MR) is 80.7 cm³/mol. The van der Waals surface area contributed by atoms with Gasteiger partial charge in [0.05, 0.1) is 18.7 Å². The number of aromatic nitrogens is 1. The SMILES string of the molecule is COc1cc(=O)n(C)cc1C(=O)N1CCC(N2C(=O)COC2=O)C1. The summed E-state index contributed by atoms with van der Waals surface area (Å²) in [5.41, 5.74) is -0.0244. The second-order valence-electron chi connectivity index (χ2n) is 5.72. The Morgan fingerprint density at radius 3 is 2.71 bits per heavy atom. The summed E-state index contributed by atoms with van der Waals surface area (Å²) in [4.78, 5) is 50.3. The van der Waals surface area contributed by atoms with E-state index >= 15 is 0 Å². The Labute approximate surface area is 137 Å². The van der Waals surface area contributed by atoms with Crippen LogP contribution in [-0.2, 0) is 16.6 Å². The van der Waals surface area contributed by atoms with Gasteiger partial charge in [0.25, 0.3) is 17.4 Å². The number of likely N-dealkylation sites (tertiary alicyclic amines) is 1. The lowest BCUT2D eigenvalue weighted by molar-refractivity contribution is -0.127. The third-order valence-corrected chi connectivity index (χ3v) is 4.24. The van der Waals surface area contributed by atoms with E-state index in [0.717, 1.165) is 4.90 Å². The van der Waals surface area contributed by atoms with Crippen molar-refractivity contribution in [2.45, 2.75) is 12.5 Å². The Morgan fingerprint density at radius 2 is 2.08 bits per heavy atom. The summed E-state index contributed by atoms with van der Waals surface area (Å²) in [6.07, 6.45) is 1.24. The molecule has 2 fully saturated rings. The van der Waals surface area contributed by atoms with Gasteiger partial charge in [-0.2, -0.15) is 0 Å². The zero-order valence-electron chi connectivity index (χ0n) is 13.4. The van der Waals surface area contributed by atoms with Gasteiger partial charge in [0.15, 0.2) is 6.61 Å². The van der Waals surface area contributed by atoms with E-state index in [4.69, 9.17) is 9.47 Å². The molecule has 3 amide bonds. The van der Waals surface area contributed by atoms with Crippen LogP contribution >= 0.6 is 0 Å². The van der Waals surface area contributed by atoms with E-state index in [1.54, 1.807) is 7.05 Å². The average Bonchev–Trinajstić information content (AvgIpc) is 3.15. The number of hydrogen-bond acceptors (Lipinski definition) is 6. The molecule has 3 rings (SSSR count). The molecule has 0 radical (unpaired) electrons. The first-order valence-corrected chi connectivity index (χ1v) is 7.45. The third-order valence-electron chi connectivity index (χ3n) is 4.24. The van der Waals surface area contributed by atoms with Crippen LogP contribution < -0.4 is 10.3 Å². The van der Waals surface area contributed by atoms with Gasteiger partial charge in [-0.25, -0.2) is 9.69 Å². The van der Waals surface area contributed by atoms with Crippen molar-refractivity contribution in [3.05, 3.63) is 28.2 Å². The maximum absolute atomic E-state index is 12.7. The fourth-order valence-corrected chi connectivity index (χ4v) is 2.97. The minimum absolute atomic E-state index is 0.197. The summed E-state index contributed by atoms with van der Waals surface area (Å²) in [5, 5.41) is 0. The minimum Gasteiger partial charge on any atom is -0.496 e. The molecule has 0 bridgehead atoms. The van der Waals surface area contributed by atoms with Crippen LogP contribution in [0.25, 0.3) is 0 Å². The lowest BCUT2D eigenvalue weighted by atomic mass is 10.2. The number of pyridine rings is 1. The molecule has 2 aliphatic heterocycles. The lowest BCUT2D eigenvalue weighted by Gasteiger charge is -2.21. The van der Waals surface area contributed by atoms with Gasteiger partial charge >= 0.3 is 6.09 Å². The highest BCUT2D eigenvalue weighted by molar-refractivity contribution is 5.99. The van der Waals surface area contributed by atoms with E-state index in [0.29, 0.717) is 13.0 Å². The number of amides is 3. The Morgan fingerprint density at radius 1 is 1.33 bits per heavy atom. The molecular weight excluding hydrogens is 318 g/mol. The molecule has 1 unspecified atom stereocenters. The topological polar surface area (TPSA) is 98.2 Å². The monoisotopic (exact) mass is 335 g/mol. The molecule has 9 nitrogen and oxygen atoms in total. The maximum atomic E-state index is 12.7. The maximum Gasteiger partial charge on any atom is 0.417 e. The van der Waals surface area contributed by atoms with Crippen LogP contribution in [-0.4, -0.2) is 65.1 Å². The van der Waals surface area contributed by atoms with Crippen molar-refractivity contribution in [2.75, 3.05) is 26.8 Å². The van der Waals surface area contributed by atoms with Gasteiger partial charge in [-0.05, 0) is 6.42 Å². The first-order valence-electron chi connectivity index (χ1n) is 7.45. The minimum atomic E-state index is -0.668. The highest BCUT2D eigenvalue weighted by atomic mass is 16.6. The molecule has 0 spiro atoms. The molecule has 0 aromatic carbocycles.